The van der Waals surface area contributed by atoms with E-state index in [0.29, 0.717) is 16.1 Å². The maximum atomic E-state index is 11.1. The van der Waals surface area contributed by atoms with Crippen molar-refractivity contribution in [3.8, 4) is 0 Å². The quantitative estimate of drug-likeness (QED) is 0.311. The van der Waals surface area contributed by atoms with E-state index < -0.39 is 0 Å². The Morgan fingerprint density at radius 1 is 1.47 bits per heavy atom. The number of anilines is 1. The van der Waals surface area contributed by atoms with Crippen LogP contribution in [0, 0.1) is 6.92 Å². The van der Waals surface area contributed by atoms with E-state index >= 15 is 0 Å². The lowest BCUT2D eigenvalue weighted by Gasteiger charge is -2.05. The number of hydrazine groups is 1. The molecule has 0 bridgehead atoms. The summed E-state index contributed by atoms with van der Waals surface area (Å²) < 4.78 is 0. The van der Waals surface area contributed by atoms with Gasteiger partial charge in [-0.2, -0.15) is 0 Å². The highest BCUT2D eigenvalue weighted by molar-refractivity contribution is 7.99. The Labute approximate surface area is 101 Å². The van der Waals surface area contributed by atoms with E-state index in [4.69, 9.17) is 5.84 Å². The second-order valence-electron chi connectivity index (χ2n) is 3.17. The van der Waals surface area contributed by atoms with Gasteiger partial charge in [0.2, 0.25) is 5.95 Å². The molecule has 8 heteroatoms. The zero-order valence-electron chi connectivity index (χ0n) is 8.97. The van der Waals surface area contributed by atoms with Gasteiger partial charge < -0.3 is 4.98 Å². The molecule has 2 heterocycles. The van der Waals surface area contributed by atoms with E-state index in [9.17, 15) is 4.79 Å². The molecule has 0 atom stereocenters. The molecule has 2 aromatic rings. The number of nitrogens with zero attached hydrogens (tertiary/aromatic N) is 3. The maximum absolute atomic E-state index is 11.1. The molecule has 0 saturated heterocycles. The van der Waals surface area contributed by atoms with Crippen molar-refractivity contribution >= 4 is 17.7 Å². The fraction of sp³-hybridized carbons (Fsp3) is 0.111. The van der Waals surface area contributed by atoms with Crippen molar-refractivity contribution in [2.75, 3.05) is 5.43 Å². The number of aryl methyl sites for hydroxylation is 1. The third-order valence-corrected chi connectivity index (χ3v) is 2.90. The molecular formula is C9H10N6OS. The number of hydrogen-bond donors (Lipinski definition) is 3. The van der Waals surface area contributed by atoms with E-state index in [0.717, 1.165) is 5.56 Å². The normalized spacial score (nSPS) is 10.2. The van der Waals surface area contributed by atoms with Crippen LogP contribution in [0.1, 0.15) is 5.56 Å². The molecule has 4 N–H and O–H groups in total. The zero-order chi connectivity index (χ0) is 12.3. The summed E-state index contributed by atoms with van der Waals surface area (Å²) in [5.41, 5.74) is 3.04. The van der Waals surface area contributed by atoms with Gasteiger partial charge in [0.05, 0.1) is 0 Å². The van der Waals surface area contributed by atoms with E-state index in [2.05, 4.69) is 25.4 Å². The SMILES string of the molecule is Cc1cnc(NN)nc1Sc1nccc(=O)[nH]1. The number of rotatable bonds is 3. The van der Waals surface area contributed by atoms with Crippen LogP contribution in [0.4, 0.5) is 5.95 Å². The Morgan fingerprint density at radius 3 is 3.00 bits per heavy atom. The van der Waals surface area contributed by atoms with Crippen LogP contribution in [0.3, 0.4) is 0 Å². The zero-order valence-corrected chi connectivity index (χ0v) is 9.78. The number of nitrogens with one attached hydrogen (secondary N) is 2. The lowest BCUT2D eigenvalue weighted by Crippen LogP contribution is -2.11. The molecule has 0 aliphatic heterocycles. The van der Waals surface area contributed by atoms with Crippen LogP contribution in [-0.4, -0.2) is 19.9 Å². The molecule has 0 aromatic carbocycles. The van der Waals surface area contributed by atoms with E-state index in [1.807, 2.05) is 6.92 Å². The summed E-state index contributed by atoms with van der Waals surface area (Å²) in [7, 11) is 0. The van der Waals surface area contributed by atoms with E-state index in [1.54, 1.807) is 6.20 Å². The van der Waals surface area contributed by atoms with E-state index in [-0.39, 0.29) is 5.56 Å². The van der Waals surface area contributed by atoms with Crippen LogP contribution in [0.15, 0.2) is 33.4 Å². The average molecular weight is 250 g/mol. The Kier molecular flexibility index (Phi) is 3.35. The minimum Gasteiger partial charge on any atom is -0.301 e. The monoisotopic (exact) mass is 250 g/mol. The second-order valence-corrected chi connectivity index (χ2v) is 4.14. The van der Waals surface area contributed by atoms with Gasteiger partial charge in [-0.15, -0.1) is 0 Å². The van der Waals surface area contributed by atoms with Gasteiger partial charge in [0.1, 0.15) is 5.03 Å². The molecule has 0 radical (unpaired) electrons. The van der Waals surface area contributed by atoms with Crippen LogP contribution < -0.4 is 16.8 Å². The number of hydrogen-bond acceptors (Lipinski definition) is 7. The molecule has 0 amide bonds. The first-order valence-electron chi connectivity index (χ1n) is 4.72. The standard InChI is InChI=1S/C9H10N6OS/c1-5-4-12-8(15-10)14-7(5)17-9-11-3-2-6(16)13-9/h2-4H,10H2,1H3,(H,11,13,16)(H,12,14,15). The number of nitrogen functional groups attached to an aromatic ring is 1. The Bertz CT molecular complexity index is 584. The molecule has 0 aliphatic carbocycles. The van der Waals surface area contributed by atoms with Crippen LogP contribution in [0.25, 0.3) is 0 Å². The van der Waals surface area contributed by atoms with Gasteiger partial charge in [-0.3, -0.25) is 10.2 Å². The highest BCUT2D eigenvalue weighted by atomic mass is 32.2. The lowest BCUT2D eigenvalue weighted by molar-refractivity contribution is 0.923. The molecule has 0 unspecified atom stereocenters. The minimum absolute atomic E-state index is 0.202. The van der Waals surface area contributed by atoms with Crippen LogP contribution in [0.5, 0.6) is 0 Å². The molecule has 0 fully saturated rings. The van der Waals surface area contributed by atoms with Gasteiger partial charge in [-0.05, 0) is 18.7 Å². The summed E-state index contributed by atoms with van der Waals surface area (Å²) in [5, 5.41) is 1.16. The summed E-state index contributed by atoms with van der Waals surface area (Å²) in [6.45, 7) is 1.86. The summed E-state index contributed by atoms with van der Waals surface area (Å²) in [4.78, 5) is 25.9. The third-order valence-electron chi connectivity index (χ3n) is 1.90. The van der Waals surface area contributed by atoms with Crippen molar-refractivity contribution in [3.63, 3.8) is 0 Å². The van der Waals surface area contributed by atoms with Gasteiger partial charge in [-0.1, -0.05) is 0 Å². The van der Waals surface area contributed by atoms with Gasteiger partial charge >= 0.3 is 0 Å². The van der Waals surface area contributed by atoms with Gasteiger partial charge in [0.25, 0.3) is 5.56 Å². The largest absolute Gasteiger partial charge is 0.301 e. The smallest absolute Gasteiger partial charge is 0.251 e. The Hall–Kier alpha value is -1.93. The fourth-order valence-electron chi connectivity index (χ4n) is 1.09. The molecule has 0 saturated carbocycles. The molecule has 88 valence electrons. The van der Waals surface area contributed by atoms with Crippen LogP contribution in [0.2, 0.25) is 0 Å². The first kappa shape index (κ1) is 11.6. The molecule has 17 heavy (non-hydrogen) atoms. The Balaban J connectivity index is 2.32. The van der Waals surface area contributed by atoms with Crippen molar-refractivity contribution in [3.05, 3.63) is 34.4 Å². The number of nitrogens with two attached hydrogens (primary N) is 1. The topological polar surface area (TPSA) is 110 Å². The molecular weight excluding hydrogens is 240 g/mol. The first-order chi connectivity index (χ1) is 8.19. The molecule has 2 aromatic heterocycles. The van der Waals surface area contributed by atoms with Gasteiger partial charge in [0.15, 0.2) is 5.16 Å². The number of aromatic nitrogens is 4. The highest BCUT2D eigenvalue weighted by Gasteiger charge is 2.06. The molecule has 2 rings (SSSR count). The summed E-state index contributed by atoms with van der Waals surface area (Å²) in [6, 6.07) is 1.35. The second kappa shape index (κ2) is 4.93. The predicted octanol–water partition coefficient (Wildman–Crippen LogP) is 0.305. The maximum Gasteiger partial charge on any atom is 0.251 e. The molecule has 7 nitrogen and oxygen atoms in total. The van der Waals surface area contributed by atoms with Gasteiger partial charge in [0, 0.05) is 24.0 Å². The lowest BCUT2D eigenvalue weighted by atomic mass is 10.4. The third kappa shape index (κ3) is 2.80. The van der Waals surface area contributed by atoms with Crippen LogP contribution in [-0.2, 0) is 0 Å². The molecule has 0 aliphatic rings. The van der Waals surface area contributed by atoms with Crippen LogP contribution >= 0.6 is 11.8 Å². The Morgan fingerprint density at radius 2 is 2.29 bits per heavy atom. The average Bonchev–Trinajstić information content (AvgIpc) is 2.32. The predicted molar refractivity (Wildman–Crippen MR) is 63.6 cm³/mol. The number of H-pyrrole nitrogens is 1. The van der Waals surface area contributed by atoms with Crippen molar-refractivity contribution in [1.82, 2.24) is 19.9 Å². The number of aromatic amines is 1. The summed E-state index contributed by atoms with van der Waals surface area (Å²) in [5.74, 6) is 5.54. The summed E-state index contributed by atoms with van der Waals surface area (Å²) >= 11 is 1.24. The fourth-order valence-corrected chi connectivity index (χ4v) is 1.89. The van der Waals surface area contributed by atoms with Crippen molar-refractivity contribution in [2.24, 2.45) is 5.84 Å². The molecule has 0 spiro atoms. The summed E-state index contributed by atoms with van der Waals surface area (Å²) in [6.07, 6.45) is 3.09. The first-order valence-corrected chi connectivity index (χ1v) is 5.54. The van der Waals surface area contributed by atoms with E-state index in [1.165, 1.54) is 24.0 Å². The highest BCUT2D eigenvalue weighted by Crippen LogP contribution is 2.24. The van der Waals surface area contributed by atoms with Crippen molar-refractivity contribution in [2.45, 2.75) is 17.1 Å². The minimum atomic E-state index is -0.202. The van der Waals surface area contributed by atoms with Crippen molar-refractivity contribution in [1.29, 1.82) is 0 Å². The van der Waals surface area contributed by atoms with Crippen molar-refractivity contribution < 1.29 is 0 Å². The van der Waals surface area contributed by atoms with Gasteiger partial charge in [-0.25, -0.2) is 20.8 Å².